The zero-order valence-electron chi connectivity index (χ0n) is 19.1. The van der Waals surface area contributed by atoms with Gasteiger partial charge in [0, 0.05) is 22.9 Å². The van der Waals surface area contributed by atoms with Crippen molar-refractivity contribution in [1.29, 1.82) is 0 Å². The predicted molar refractivity (Wildman–Crippen MR) is 121 cm³/mol. The van der Waals surface area contributed by atoms with Gasteiger partial charge in [-0.3, -0.25) is 4.98 Å². The smallest absolute Gasteiger partial charge is 0.123 e. The van der Waals surface area contributed by atoms with Gasteiger partial charge in [-0.25, -0.2) is 4.39 Å². The Kier molecular flexibility index (Phi) is 5.43. The Morgan fingerprint density at radius 3 is 2.59 bits per heavy atom. The number of rotatable bonds is 5. The van der Waals surface area contributed by atoms with Gasteiger partial charge in [0.1, 0.15) is 5.82 Å². The monoisotopic (exact) mass is 439 g/mol. The average molecular weight is 440 g/mol. The van der Waals surface area contributed by atoms with Crippen LogP contribution in [0.4, 0.5) is 4.39 Å². The minimum absolute atomic E-state index is 0.0259. The molecule has 3 aliphatic rings. The Balaban J connectivity index is 1.35. The summed E-state index contributed by atoms with van der Waals surface area (Å²) in [4.78, 5) is 4.68. The molecule has 0 radical (unpaired) electrons. The number of aliphatic hydroxyl groups is 2. The van der Waals surface area contributed by atoms with Crippen molar-refractivity contribution in [1.82, 2.24) is 4.98 Å². The van der Waals surface area contributed by atoms with Crippen LogP contribution in [0, 0.1) is 28.5 Å². The maximum absolute atomic E-state index is 13.6. The first-order chi connectivity index (χ1) is 15.3. The highest BCUT2D eigenvalue weighted by Gasteiger charge is 2.66. The average Bonchev–Trinajstić information content (AvgIpc) is 3.56. The third-order valence-corrected chi connectivity index (χ3v) is 9.12. The molecule has 1 aromatic carbocycles. The number of epoxide rings is 1. The number of hydrogen-bond donors (Lipinski definition) is 2. The molecule has 4 nitrogen and oxygen atoms in total. The summed E-state index contributed by atoms with van der Waals surface area (Å²) >= 11 is 0. The number of pyridine rings is 1. The molecule has 1 aliphatic heterocycles. The lowest BCUT2D eigenvalue weighted by Gasteiger charge is -2.61. The normalized spacial score (nSPS) is 38.5. The van der Waals surface area contributed by atoms with E-state index in [9.17, 15) is 14.6 Å². The van der Waals surface area contributed by atoms with Crippen LogP contribution in [0.25, 0.3) is 11.1 Å². The van der Waals surface area contributed by atoms with Gasteiger partial charge in [-0.15, -0.1) is 0 Å². The van der Waals surface area contributed by atoms with Crippen LogP contribution in [-0.2, 0) is 11.2 Å². The summed E-state index contributed by atoms with van der Waals surface area (Å²) in [6, 6.07) is 10.7. The SMILES string of the molecule is C[C@]1(CO)[C@H]2CCC3(CO3)[C@@H](CCc3ccc(-c4cccc(F)c4)cn3)[C@]2(C)CC[C@H]1O. The Bertz CT molecular complexity index is 975. The number of benzene rings is 1. The molecular weight excluding hydrogens is 405 g/mol. The van der Waals surface area contributed by atoms with E-state index in [1.165, 1.54) is 12.1 Å². The third-order valence-electron chi connectivity index (χ3n) is 9.12. The highest BCUT2D eigenvalue weighted by molar-refractivity contribution is 5.62. The van der Waals surface area contributed by atoms with Gasteiger partial charge >= 0.3 is 0 Å². The van der Waals surface area contributed by atoms with Gasteiger partial charge < -0.3 is 14.9 Å². The lowest BCUT2D eigenvalue weighted by Crippen LogP contribution is -2.60. The van der Waals surface area contributed by atoms with E-state index in [0.717, 1.165) is 62.0 Å². The molecule has 2 aliphatic carbocycles. The van der Waals surface area contributed by atoms with Crippen LogP contribution in [0.15, 0.2) is 42.6 Å². The molecule has 5 rings (SSSR count). The fourth-order valence-electron chi connectivity index (χ4n) is 7.13. The number of aromatic nitrogens is 1. The molecule has 1 saturated heterocycles. The summed E-state index contributed by atoms with van der Waals surface area (Å²) in [6.07, 6.45) is 6.94. The molecule has 172 valence electrons. The predicted octanol–water partition coefficient (Wildman–Crippen LogP) is 4.78. The summed E-state index contributed by atoms with van der Waals surface area (Å²) in [6.45, 7) is 5.28. The molecular formula is C27H34FNO3. The van der Waals surface area contributed by atoms with Crippen molar-refractivity contribution in [2.24, 2.45) is 22.7 Å². The summed E-state index contributed by atoms with van der Waals surface area (Å²) in [5.41, 5.74) is 2.33. The molecule has 2 saturated carbocycles. The molecule has 1 spiro atoms. The Hall–Kier alpha value is -1.82. The zero-order valence-corrected chi connectivity index (χ0v) is 19.1. The molecule has 2 heterocycles. The second kappa shape index (κ2) is 7.89. The van der Waals surface area contributed by atoms with Crippen LogP contribution >= 0.6 is 0 Å². The fourth-order valence-corrected chi connectivity index (χ4v) is 7.13. The van der Waals surface area contributed by atoms with Crippen LogP contribution in [-0.4, -0.2) is 40.1 Å². The summed E-state index contributed by atoms with van der Waals surface area (Å²) in [5, 5.41) is 21.0. The van der Waals surface area contributed by atoms with Crippen molar-refractivity contribution >= 4 is 0 Å². The second-order valence-electron chi connectivity index (χ2n) is 10.8. The molecule has 1 aromatic heterocycles. The highest BCUT2D eigenvalue weighted by atomic mass is 19.1. The van der Waals surface area contributed by atoms with Crippen LogP contribution in [0.2, 0.25) is 0 Å². The molecule has 2 aromatic rings. The standard InChI is InChI=1S/C27H34FNO3/c1-25-12-11-24(31)26(2,16-30)22(25)10-13-27(17-32-27)23(25)9-8-21-7-6-19(15-29-21)18-4-3-5-20(28)14-18/h3-7,14-15,22-24,30-31H,8-13,16-17H2,1-2H3/t22-,23-,24+,25+,26-,27?/m0/s1. The number of ether oxygens (including phenoxy) is 1. The van der Waals surface area contributed by atoms with Gasteiger partial charge in [0.15, 0.2) is 0 Å². The summed E-state index contributed by atoms with van der Waals surface area (Å²) in [7, 11) is 0. The van der Waals surface area contributed by atoms with E-state index in [4.69, 9.17) is 4.74 Å². The molecule has 32 heavy (non-hydrogen) atoms. The first-order valence-electron chi connectivity index (χ1n) is 11.9. The second-order valence-corrected chi connectivity index (χ2v) is 10.8. The topological polar surface area (TPSA) is 65.9 Å². The minimum atomic E-state index is -0.452. The summed E-state index contributed by atoms with van der Waals surface area (Å²) < 4.78 is 19.6. The summed E-state index contributed by atoms with van der Waals surface area (Å²) in [5.74, 6) is 0.428. The van der Waals surface area contributed by atoms with Crippen LogP contribution in [0.3, 0.4) is 0 Å². The fraction of sp³-hybridized carbons (Fsp3) is 0.593. The maximum atomic E-state index is 13.6. The van der Waals surface area contributed by atoms with Crippen molar-refractivity contribution in [2.45, 2.75) is 64.1 Å². The van der Waals surface area contributed by atoms with E-state index < -0.39 is 11.5 Å². The number of aliphatic hydroxyl groups excluding tert-OH is 2. The molecule has 6 atom stereocenters. The zero-order chi connectivity index (χ0) is 22.6. The van der Waals surface area contributed by atoms with E-state index >= 15 is 0 Å². The third kappa shape index (κ3) is 3.49. The molecule has 2 N–H and O–H groups in total. The molecule has 0 bridgehead atoms. The van der Waals surface area contributed by atoms with Gasteiger partial charge in [-0.2, -0.15) is 0 Å². The largest absolute Gasteiger partial charge is 0.396 e. The Morgan fingerprint density at radius 1 is 1.12 bits per heavy atom. The molecule has 3 fully saturated rings. The van der Waals surface area contributed by atoms with E-state index in [2.05, 4.69) is 18.8 Å². The van der Waals surface area contributed by atoms with Crippen molar-refractivity contribution in [3.8, 4) is 11.1 Å². The van der Waals surface area contributed by atoms with E-state index in [1.807, 2.05) is 24.4 Å². The molecule has 1 unspecified atom stereocenters. The quantitative estimate of drug-likeness (QED) is 0.659. The molecule has 5 heteroatoms. The number of aryl methyl sites for hydroxylation is 1. The first kappa shape index (κ1) is 22.0. The van der Waals surface area contributed by atoms with Gasteiger partial charge in [-0.05, 0) is 79.5 Å². The Morgan fingerprint density at radius 2 is 1.94 bits per heavy atom. The van der Waals surface area contributed by atoms with Crippen molar-refractivity contribution < 1.29 is 19.3 Å². The van der Waals surface area contributed by atoms with Gasteiger partial charge in [-0.1, -0.05) is 32.0 Å². The first-order valence-corrected chi connectivity index (χ1v) is 11.9. The number of fused-ring (bicyclic) bond motifs is 1. The van der Waals surface area contributed by atoms with Gasteiger partial charge in [0.05, 0.1) is 24.9 Å². The lowest BCUT2D eigenvalue weighted by atomic mass is 9.45. The van der Waals surface area contributed by atoms with Crippen molar-refractivity contribution in [2.75, 3.05) is 13.2 Å². The maximum Gasteiger partial charge on any atom is 0.123 e. The molecule has 0 amide bonds. The van der Waals surface area contributed by atoms with Gasteiger partial charge in [0.2, 0.25) is 0 Å². The van der Waals surface area contributed by atoms with E-state index in [1.54, 1.807) is 6.07 Å². The van der Waals surface area contributed by atoms with Crippen LogP contribution in [0.5, 0.6) is 0 Å². The van der Waals surface area contributed by atoms with E-state index in [0.29, 0.717) is 5.92 Å². The van der Waals surface area contributed by atoms with E-state index in [-0.39, 0.29) is 29.4 Å². The number of nitrogens with zero attached hydrogens (tertiary/aromatic N) is 1. The highest BCUT2D eigenvalue weighted by Crippen LogP contribution is 2.66. The van der Waals surface area contributed by atoms with Crippen LogP contribution < -0.4 is 0 Å². The van der Waals surface area contributed by atoms with Gasteiger partial charge in [0.25, 0.3) is 0 Å². The minimum Gasteiger partial charge on any atom is -0.396 e. The Labute approximate surface area is 189 Å². The number of halogens is 1. The lowest BCUT2D eigenvalue weighted by molar-refractivity contribution is -0.176. The van der Waals surface area contributed by atoms with Crippen molar-refractivity contribution in [3.05, 3.63) is 54.1 Å². The number of hydrogen-bond acceptors (Lipinski definition) is 4. The van der Waals surface area contributed by atoms with Crippen LogP contribution in [0.1, 0.15) is 51.6 Å². The van der Waals surface area contributed by atoms with Crippen molar-refractivity contribution in [3.63, 3.8) is 0 Å².